The van der Waals surface area contributed by atoms with Gasteiger partial charge in [-0.05, 0) is 37.1 Å². The highest BCUT2D eigenvalue weighted by Crippen LogP contribution is 2.21. The second-order valence-corrected chi connectivity index (χ2v) is 6.20. The van der Waals surface area contributed by atoms with Gasteiger partial charge < -0.3 is 10.6 Å². The molecule has 0 radical (unpaired) electrons. The van der Waals surface area contributed by atoms with Gasteiger partial charge in [0.15, 0.2) is 0 Å². The molecule has 0 bridgehead atoms. The lowest BCUT2D eigenvalue weighted by Gasteiger charge is -2.08. The Balaban J connectivity index is 1.93. The van der Waals surface area contributed by atoms with Crippen molar-refractivity contribution in [3.05, 3.63) is 46.2 Å². The highest BCUT2D eigenvalue weighted by molar-refractivity contribution is 9.10. The summed E-state index contributed by atoms with van der Waals surface area (Å²) in [6.45, 7) is 4.83. The van der Waals surface area contributed by atoms with Crippen molar-refractivity contribution in [2.75, 3.05) is 11.9 Å². The third-order valence-electron chi connectivity index (χ3n) is 3.39. The number of halogens is 1. The molecule has 122 valence electrons. The van der Waals surface area contributed by atoms with Crippen LogP contribution in [0.25, 0.3) is 0 Å². The minimum Gasteiger partial charge on any atom is -0.352 e. The SMILES string of the molecule is CCCCCNC(=O)c1cnc(Nc2ccc(Br)c(C)c2)nc1. The number of aryl methyl sites for hydroxylation is 1. The molecule has 1 amide bonds. The number of nitrogens with one attached hydrogen (secondary N) is 2. The summed E-state index contributed by atoms with van der Waals surface area (Å²) < 4.78 is 1.05. The van der Waals surface area contributed by atoms with E-state index in [-0.39, 0.29) is 5.91 Å². The van der Waals surface area contributed by atoms with E-state index in [4.69, 9.17) is 0 Å². The van der Waals surface area contributed by atoms with Crippen molar-refractivity contribution in [3.8, 4) is 0 Å². The predicted molar refractivity (Wildman–Crippen MR) is 96.1 cm³/mol. The molecular formula is C17H21BrN4O. The van der Waals surface area contributed by atoms with Crippen molar-refractivity contribution in [2.45, 2.75) is 33.1 Å². The molecule has 0 saturated carbocycles. The molecule has 0 spiro atoms. The van der Waals surface area contributed by atoms with E-state index in [9.17, 15) is 4.79 Å². The Morgan fingerprint density at radius 2 is 1.96 bits per heavy atom. The van der Waals surface area contributed by atoms with Gasteiger partial charge in [0.05, 0.1) is 5.56 Å². The maximum Gasteiger partial charge on any atom is 0.254 e. The maximum absolute atomic E-state index is 11.9. The van der Waals surface area contributed by atoms with Crippen LogP contribution in [0.2, 0.25) is 0 Å². The van der Waals surface area contributed by atoms with E-state index in [1.54, 1.807) is 0 Å². The van der Waals surface area contributed by atoms with E-state index in [0.29, 0.717) is 18.1 Å². The summed E-state index contributed by atoms with van der Waals surface area (Å²) >= 11 is 3.47. The fraction of sp³-hybridized carbons (Fsp3) is 0.353. The summed E-state index contributed by atoms with van der Waals surface area (Å²) in [6, 6.07) is 5.91. The standard InChI is InChI=1S/C17H21BrN4O/c1-3-4-5-8-19-16(23)13-10-20-17(21-11-13)22-14-6-7-15(18)12(2)9-14/h6-7,9-11H,3-5,8H2,1-2H3,(H,19,23)(H,20,21,22). The molecule has 23 heavy (non-hydrogen) atoms. The third-order valence-corrected chi connectivity index (χ3v) is 4.28. The van der Waals surface area contributed by atoms with Gasteiger partial charge in [-0.25, -0.2) is 9.97 Å². The Kier molecular flexibility index (Phi) is 6.52. The molecule has 0 unspecified atom stereocenters. The summed E-state index contributed by atoms with van der Waals surface area (Å²) in [7, 11) is 0. The second-order valence-electron chi connectivity index (χ2n) is 5.35. The first-order valence-electron chi connectivity index (χ1n) is 7.73. The molecule has 2 N–H and O–H groups in total. The van der Waals surface area contributed by atoms with Gasteiger partial charge in [-0.3, -0.25) is 4.79 Å². The minimum atomic E-state index is -0.132. The molecule has 5 nitrogen and oxygen atoms in total. The van der Waals surface area contributed by atoms with Gasteiger partial charge in [0.25, 0.3) is 5.91 Å². The minimum absolute atomic E-state index is 0.132. The smallest absolute Gasteiger partial charge is 0.254 e. The molecule has 1 aromatic heterocycles. The van der Waals surface area contributed by atoms with Crippen LogP contribution in [-0.2, 0) is 0 Å². The largest absolute Gasteiger partial charge is 0.352 e. The average molecular weight is 377 g/mol. The van der Waals surface area contributed by atoms with Crippen LogP contribution in [-0.4, -0.2) is 22.4 Å². The van der Waals surface area contributed by atoms with Crippen LogP contribution in [0.15, 0.2) is 35.1 Å². The number of carbonyl (C=O) groups excluding carboxylic acids is 1. The number of amides is 1. The zero-order valence-electron chi connectivity index (χ0n) is 13.4. The van der Waals surface area contributed by atoms with Crippen LogP contribution in [0, 0.1) is 6.92 Å². The van der Waals surface area contributed by atoms with Gasteiger partial charge in [0.1, 0.15) is 0 Å². The number of aromatic nitrogens is 2. The van der Waals surface area contributed by atoms with E-state index >= 15 is 0 Å². The molecule has 1 aromatic carbocycles. The fourth-order valence-electron chi connectivity index (χ4n) is 2.04. The summed E-state index contributed by atoms with van der Waals surface area (Å²) in [5, 5.41) is 6.00. The van der Waals surface area contributed by atoms with Crippen molar-refractivity contribution in [2.24, 2.45) is 0 Å². The molecule has 0 aliphatic heterocycles. The Morgan fingerprint density at radius 1 is 1.22 bits per heavy atom. The first kappa shape index (κ1) is 17.4. The van der Waals surface area contributed by atoms with Crippen LogP contribution < -0.4 is 10.6 Å². The fourth-order valence-corrected chi connectivity index (χ4v) is 2.29. The lowest BCUT2D eigenvalue weighted by Crippen LogP contribution is -2.24. The van der Waals surface area contributed by atoms with Gasteiger partial charge in [0.2, 0.25) is 5.95 Å². The number of hydrogen-bond donors (Lipinski definition) is 2. The highest BCUT2D eigenvalue weighted by atomic mass is 79.9. The Morgan fingerprint density at radius 3 is 2.61 bits per heavy atom. The number of carbonyl (C=O) groups is 1. The number of hydrogen-bond acceptors (Lipinski definition) is 4. The average Bonchev–Trinajstić information content (AvgIpc) is 2.55. The first-order valence-corrected chi connectivity index (χ1v) is 8.53. The highest BCUT2D eigenvalue weighted by Gasteiger charge is 2.07. The van der Waals surface area contributed by atoms with Crippen molar-refractivity contribution in [3.63, 3.8) is 0 Å². The van der Waals surface area contributed by atoms with Crippen molar-refractivity contribution < 1.29 is 4.79 Å². The normalized spacial score (nSPS) is 10.4. The Labute approximate surface area is 145 Å². The summed E-state index contributed by atoms with van der Waals surface area (Å²) in [5.74, 6) is 0.335. The summed E-state index contributed by atoms with van der Waals surface area (Å²) in [4.78, 5) is 20.3. The molecule has 0 aliphatic rings. The molecule has 2 aromatic rings. The molecule has 0 fully saturated rings. The van der Waals surface area contributed by atoms with E-state index in [0.717, 1.165) is 35.0 Å². The van der Waals surface area contributed by atoms with Crippen molar-refractivity contribution in [1.82, 2.24) is 15.3 Å². The van der Waals surface area contributed by atoms with Gasteiger partial charge in [-0.2, -0.15) is 0 Å². The van der Waals surface area contributed by atoms with Gasteiger partial charge in [-0.1, -0.05) is 35.7 Å². The molecule has 2 rings (SSSR count). The zero-order valence-corrected chi connectivity index (χ0v) is 15.0. The van der Waals surface area contributed by atoms with Crippen LogP contribution >= 0.6 is 15.9 Å². The number of benzene rings is 1. The van der Waals surface area contributed by atoms with Crippen molar-refractivity contribution in [1.29, 1.82) is 0 Å². The van der Waals surface area contributed by atoms with Crippen LogP contribution in [0.1, 0.15) is 42.1 Å². The number of rotatable bonds is 7. The summed E-state index contributed by atoms with van der Waals surface area (Å²) in [6.07, 6.45) is 6.32. The van der Waals surface area contributed by atoms with Crippen molar-refractivity contribution >= 4 is 33.5 Å². The topological polar surface area (TPSA) is 66.9 Å². The molecule has 0 aliphatic carbocycles. The van der Waals surface area contributed by atoms with Gasteiger partial charge in [0, 0.05) is 29.1 Å². The van der Waals surface area contributed by atoms with Crippen LogP contribution in [0.5, 0.6) is 0 Å². The monoisotopic (exact) mass is 376 g/mol. The molecule has 0 saturated heterocycles. The quantitative estimate of drug-likeness (QED) is 0.710. The Hall–Kier alpha value is -1.95. The molecule has 0 atom stereocenters. The van der Waals surface area contributed by atoms with E-state index < -0.39 is 0 Å². The molecular weight excluding hydrogens is 356 g/mol. The van der Waals surface area contributed by atoms with E-state index in [1.165, 1.54) is 12.4 Å². The Bertz CT molecular complexity index is 658. The predicted octanol–water partition coefficient (Wildman–Crippen LogP) is 4.21. The number of unbranched alkanes of at least 4 members (excludes halogenated alkanes) is 2. The molecule has 6 heteroatoms. The molecule has 1 heterocycles. The third kappa shape index (κ3) is 5.32. The zero-order chi connectivity index (χ0) is 16.7. The number of anilines is 2. The van der Waals surface area contributed by atoms with Crippen LogP contribution in [0.3, 0.4) is 0 Å². The van der Waals surface area contributed by atoms with E-state index in [2.05, 4.69) is 43.5 Å². The van der Waals surface area contributed by atoms with Gasteiger partial charge >= 0.3 is 0 Å². The maximum atomic E-state index is 11.9. The second kappa shape index (κ2) is 8.62. The van der Waals surface area contributed by atoms with Crippen LogP contribution in [0.4, 0.5) is 11.6 Å². The summed E-state index contributed by atoms with van der Waals surface area (Å²) in [5.41, 5.74) is 2.50. The van der Waals surface area contributed by atoms with Gasteiger partial charge in [-0.15, -0.1) is 0 Å². The lowest BCUT2D eigenvalue weighted by atomic mass is 10.2. The lowest BCUT2D eigenvalue weighted by molar-refractivity contribution is 0.0952. The first-order chi connectivity index (χ1) is 11.1. The van der Waals surface area contributed by atoms with E-state index in [1.807, 2.05) is 25.1 Å². The number of nitrogens with zero attached hydrogens (tertiary/aromatic N) is 2.